The van der Waals surface area contributed by atoms with Crippen LogP contribution in [0.5, 0.6) is 0 Å². The number of nitrogens with one attached hydrogen (secondary N) is 1. The number of carbonyl (C=O) groups excluding carboxylic acids is 1. The first kappa shape index (κ1) is 13.0. The molecule has 0 aromatic carbocycles. The van der Waals surface area contributed by atoms with E-state index < -0.39 is 11.6 Å². The van der Waals surface area contributed by atoms with E-state index in [4.69, 9.17) is 9.84 Å². The fraction of sp³-hybridized carbons (Fsp3) is 0.667. The Morgan fingerprint density at radius 2 is 2.06 bits per heavy atom. The van der Waals surface area contributed by atoms with Crippen molar-refractivity contribution in [1.29, 1.82) is 0 Å². The van der Waals surface area contributed by atoms with E-state index in [9.17, 15) is 9.59 Å². The lowest BCUT2D eigenvalue weighted by Crippen LogP contribution is -2.63. The predicted octanol–water partition coefficient (Wildman–Crippen LogP) is -0.392. The minimum Gasteiger partial charge on any atom is -0.480 e. The Morgan fingerprint density at radius 1 is 1.44 bits per heavy atom. The van der Waals surface area contributed by atoms with E-state index in [1.165, 1.54) is 0 Å². The molecule has 0 aromatic rings. The van der Waals surface area contributed by atoms with Gasteiger partial charge in [0.05, 0.1) is 13.1 Å². The largest absolute Gasteiger partial charge is 0.480 e. The van der Waals surface area contributed by atoms with Crippen molar-refractivity contribution >= 4 is 11.9 Å². The van der Waals surface area contributed by atoms with Crippen molar-refractivity contribution < 1.29 is 19.4 Å². The van der Waals surface area contributed by atoms with Gasteiger partial charge in [0.2, 0.25) is 5.91 Å². The molecule has 0 saturated carbocycles. The van der Waals surface area contributed by atoms with Crippen LogP contribution in [0.2, 0.25) is 0 Å². The third-order valence-electron chi connectivity index (χ3n) is 3.41. The van der Waals surface area contributed by atoms with Crippen LogP contribution in [0.1, 0.15) is 13.8 Å². The van der Waals surface area contributed by atoms with Gasteiger partial charge >= 0.3 is 5.97 Å². The summed E-state index contributed by atoms with van der Waals surface area (Å²) < 4.78 is 5.27. The third kappa shape index (κ3) is 2.54. The van der Waals surface area contributed by atoms with Crippen molar-refractivity contribution in [1.82, 2.24) is 10.2 Å². The van der Waals surface area contributed by atoms with Crippen LogP contribution < -0.4 is 5.32 Å². The predicted molar refractivity (Wildman–Crippen MR) is 64.1 cm³/mol. The summed E-state index contributed by atoms with van der Waals surface area (Å²) in [5.74, 6) is -0.956. The number of likely N-dealkylation sites (tertiary alicyclic amines) is 1. The van der Waals surface area contributed by atoms with Crippen molar-refractivity contribution in [2.24, 2.45) is 0 Å². The van der Waals surface area contributed by atoms with Crippen LogP contribution in [0.15, 0.2) is 11.1 Å². The molecular weight excluding hydrogens is 236 g/mol. The lowest BCUT2D eigenvalue weighted by atomic mass is 9.94. The highest BCUT2D eigenvalue weighted by molar-refractivity contribution is 5.94. The van der Waals surface area contributed by atoms with Crippen LogP contribution in [0.25, 0.3) is 0 Å². The number of carboxylic acids is 1. The van der Waals surface area contributed by atoms with E-state index in [1.54, 1.807) is 4.90 Å². The van der Waals surface area contributed by atoms with Crippen LogP contribution in [-0.4, -0.2) is 60.3 Å². The molecule has 2 saturated heterocycles. The Morgan fingerprint density at radius 3 is 2.50 bits per heavy atom. The first-order valence-electron chi connectivity index (χ1n) is 5.96. The number of nitrogens with zero attached hydrogens (tertiary/aromatic N) is 1. The van der Waals surface area contributed by atoms with E-state index in [0.29, 0.717) is 13.1 Å². The van der Waals surface area contributed by atoms with Gasteiger partial charge in [-0.1, -0.05) is 0 Å². The van der Waals surface area contributed by atoms with E-state index in [2.05, 4.69) is 5.32 Å². The second-order valence-corrected chi connectivity index (χ2v) is 5.13. The summed E-state index contributed by atoms with van der Waals surface area (Å²) in [7, 11) is 0. The van der Waals surface area contributed by atoms with Crippen molar-refractivity contribution in [3.63, 3.8) is 0 Å². The highest BCUT2D eigenvalue weighted by Crippen LogP contribution is 2.26. The zero-order valence-electron chi connectivity index (χ0n) is 10.7. The van der Waals surface area contributed by atoms with Gasteiger partial charge in [-0.2, -0.15) is 0 Å². The van der Waals surface area contributed by atoms with Crippen LogP contribution in [0, 0.1) is 0 Å². The van der Waals surface area contributed by atoms with Crippen molar-refractivity contribution in [2.45, 2.75) is 19.4 Å². The SMILES string of the molecule is CC(C(=O)N1CC(C)(OCC(=O)O)C1)=C1CNC1. The molecule has 2 aliphatic rings. The summed E-state index contributed by atoms with van der Waals surface area (Å²) in [6.45, 7) is 5.84. The molecule has 0 spiro atoms. The average molecular weight is 254 g/mol. The Bertz CT molecular complexity index is 404. The summed E-state index contributed by atoms with van der Waals surface area (Å²) in [6.07, 6.45) is 0. The molecule has 0 unspecified atom stereocenters. The number of rotatable bonds is 4. The molecule has 0 atom stereocenters. The van der Waals surface area contributed by atoms with E-state index >= 15 is 0 Å². The highest BCUT2D eigenvalue weighted by atomic mass is 16.5. The van der Waals surface area contributed by atoms with Gasteiger partial charge in [0.15, 0.2) is 0 Å². The van der Waals surface area contributed by atoms with Crippen molar-refractivity contribution in [2.75, 3.05) is 32.8 Å². The first-order valence-corrected chi connectivity index (χ1v) is 5.96. The van der Waals surface area contributed by atoms with Gasteiger partial charge in [0, 0.05) is 18.7 Å². The van der Waals surface area contributed by atoms with Crippen LogP contribution >= 0.6 is 0 Å². The Balaban J connectivity index is 1.84. The quantitative estimate of drug-likeness (QED) is 0.668. The number of carboxylic acid groups (broad SMARTS) is 1. The number of ether oxygens (including phenoxy) is 1. The molecule has 0 aliphatic carbocycles. The van der Waals surface area contributed by atoms with Gasteiger partial charge in [0.25, 0.3) is 0 Å². The van der Waals surface area contributed by atoms with Crippen LogP contribution in [0.4, 0.5) is 0 Å². The summed E-state index contributed by atoms with van der Waals surface area (Å²) in [4.78, 5) is 24.2. The molecule has 2 heterocycles. The maximum absolute atomic E-state index is 12.1. The zero-order chi connectivity index (χ0) is 13.3. The van der Waals surface area contributed by atoms with Crippen molar-refractivity contribution in [3.05, 3.63) is 11.1 Å². The van der Waals surface area contributed by atoms with E-state index in [0.717, 1.165) is 24.2 Å². The monoisotopic (exact) mass is 254 g/mol. The minimum atomic E-state index is -0.986. The van der Waals surface area contributed by atoms with Crippen LogP contribution in [0.3, 0.4) is 0 Å². The Hall–Kier alpha value is -1.40. The molecule has 0 bridgehead atoms. The van der Waals surface area contributed by atoms with Crippen molar-refractivity contribution in [3.8, 4) is 0 Å². The molecule has 0 radical (unpaired) electrons. The molecule has 2 rings (SSSR count). The van der Waals surface area contributed by atoms with Gasteiger partial charge in [-0.25, -0.2) is 4.79 Å². The molecule has 1 amide bonds. The molecule has 100 valence electrons. The molecular formula is C12H18N2O4. The number of hydrogen-bond donors (Lipinski definition) is 2. The molecule has 2 N–H and O–H groups in total. The standard InChI is InChI=1S/C12H18N2O4/c1-8(9-3-13-4-9)11(17)14-6-12(2,7-14)18-5-10(15)16/h13H,3-7H2,1-2H3,(H,15,16). The lowest BCUT2D eigenvalue weighted by Gasteiger charge is -2.47. The summed E-state index contributed by atoms with van der Waals surface area (Å²) in [6, 6.07) is 0. The van der Waals surface area contributed by atoms with E-state index in [1.807, 2.05) is 13.8 Å². The lowest BCUT2D eigenvalue weighted by molar-refractivity contribution is -0.171. The normalized spacial score (nSPS) is 21.0. The fourth-order valence-corrected chi connectivity index (χ4v) is 2.14. The fourth-order valence-electron chi connectivity index (χ4n) is 2.14. The van der Waals surface area contributed by atoms with Gasteiger partial charge in [-0.05, 0) is 19.4 Å². The smallest absolute Gasteiger partial charge is 0.329 e. The van der Waals surface area contributed by atoms with Crippen LogP contribution in [-0.2, 0) is 14.3 Å². The molecule has 2 aliphatic heterocycles. The highest BCUT2D eigenvalue weighted by Gasteiger charge is 2.43. The van der Waals surface area contributed by atoms with Gasteiger partial charge in [-0.3, -0.25) is 4.79 Å². The number of amides is 1. The Kier molecular flexibility index (Phi) is 3.41. The van der Waals surface area contributed by atoms with Gasteiger partial charge in [0.1, 0.15) is 12.2 Å². The minimum absolute atomic E-state index is 0.0305. The number of hydrogen-bond acceptors (Lipinski definition) is 4. The molecule has 18 heavy (non-hydrogen) atoms. The molecule has 2 fully saturated rings. The molecule has 6 nitrogen and oxygen atoms in total. The summed E-state index contributed by atoms with van der Waals surface area (Å²) in [5, 5.41) is 11.7. The second-order valence-electron chi connectivity index (χ2n) is 5.13. The maximum atomic E-state index is 12.1. The molecule has 0 aromatic heterocycles. The number of aliphatic carboxylic acids is 1. The Labute approximate surface area is 106 Å². The first-order chi connectivity index (χ1) is 8.41. The van der Waals surface area contributed by atoms with E-state index in [-0.39, 0.29) is 12.5 Å². The summed E-state index contributed by atoms with van der Waals surface area (Å²) >= 11 is 0. The summed E-state index contributed by atoms with van der Waals surface area (Å²) in [5.41, 5.74) is 1.44. The maximum Gasteiger partial charge on any atom is 0.329 e. The average Bonchev–Trinajstić information content (AvgIpc) is 2.19. The zero-order valence-corrected chi connectivity index (χ0v) is 10.7. The second kappa shape index (κ2) is 4.70. The van der Waals surface area contributed by atoms with Gasteiger partial charge < -0.3 is 20.1 Å². The molecule has 6 heteroatoms. The topological polar surface area (TPSA) is 78.9 Å². The van der Waals surface area contributed by atoms with Gasteiger partial charge in [-0.15, -0.1) is 0 Å². The number of carbonyl (C=O) groups is 2. The third-order valence-corrected chi connectivity index (χ3v) is 3.41.